The van der Waals surface area contributed by atoms with E-state index in [0.717, 1.165) is 61.3 Å². The number of aryl methyl sites for hydroxylation is 1. The van der Waals surface area contributed by atoms with Crippen molar-refractivity contribution < 1.29 is 9.53 Å². The van der Waals surface area contributed by atoms with E-state index in [-0.39, 0.29) is 5.92 Å². The third-order valence-electron chi connectivity index (χ3n) is 7.42. The number of benzene rings is 3. The molecule has 0 radical (unpaired) electrons. The zero-order valence-corrected chi connectivity index (χ0v) is 20.3. The molecule has 0 saturated carbocycles. The number of fused-ring (bicyclic) bond motifs is 1. The molecule has 1 saturated heterocycles. The number of hydrogen-bond acceptors (Lipinski definition) is 3. The van der Waals surface area contributed by atoms with E-state index in [1.165, 1.54) is 18.4 Å². The standard InChI is InChI=1S/C30H32ClNO2/c31-27-8-4-5-22(19-27)21-34-28-11-12-29-26(20-28)10-9-25(30(29)33)15-18-32-16-13-24(14-17-32)23-6-2-1-3-7-23/h1-8,11-12,19-20,24-25H,9-10,13-18,21H2. The van der Waals surface area contributed by atoms with Gasteiger partial charge in [-0.05, 0) is 105 Å². The van der Waals surface area contributed by atoms with Gasteiger partial charge in [0.1, 0.15) is 12.4 Å². The SMILES string of the molecule is O=C1c2ccc(OCc3cccc(Cl)c3)cc2CCC1CCN1CCC(c2ccccc2)CC1. The first-order chi connectivity index (χ1) is 16.7. The zero-order valence-electron chi connectivity index (χ0n) is 19.6. The number of Topliss-reactive ketones (excluding diaryl/α,β-unsaturated/α-hetero) is 1. The van der Waals surface area contributed by atoms with E-state index >= 15 is 0 Å². The van der Waals surface area contributed by atoms with E-state index in [0.29, 0.717) is 23.3 Å². The molecule has 1 heterocycles. The molecule has 0 amide bonds. The van der Waals surface area contributed by atoms with Crippen LogP contribution in [0.2, 0.25) is 5.02 Å². The molecule has 5 rings (SSSR count). The minimum Gasteiger partial charge on any atom is -0.489 e. The molecule has 4 heteroatoms. The molecule has 3 nitrogen and oxygen atoms in total. The summed E-state index contributed by atoms with van der Waals surface area (Å²) in [4.78, 5) is 15.7. The lowest BCUT2D eigenvalue weighted by Crippen LogP contribution is -2.35. The molecule has 3 aromatic rings. The number of carbonyl (C=O) groups excluding carboxylic acids is 1. The smallest absolute Gasteiger partial charge is 0.166 e. The van der Waals surface area contributed by atoms with Crippen LogP contribution < -0.4 is 4.74 Å². The lowest BCUT2D eigenvalue weighted by Gasteiger charge is -2.33. The van der Waals surface area contributed by atoms with Crippen molar-refractivity contribution in [2.75, 3.05) is 19.6 Å². The fourth-order valence-electron chi connectivity index (χ4n) is 5.41. The summed E-state index contributed by atoms with van der Waals surface area (Å²) in [7, 11) is 0. The van der Waals surface area contributed by atoms with Crippen molar-refractivity contribution >= 4 is 17.4 Å². The molecule has 1 fully saturated rings. The van der Waals surface area contributed by atoms with Crippen LogP contribution in [0.5, 0.6) is 5.75 Å². The first-order valence-corrected chi connectivity index (χ1v) is 12.9. The Morgan fingerprint density at radius 3 is 2.53 bits per heavy atom. The van der Waals surface area contributed by atoms with Crippen LogP contribution in [0.15, 0.2) is 72.8 Å². The second kappa shape index (κ2) is 10.8. The fourth-order valence-corrected chi connectivity index (χ4v) is 5.62. The van der Waals surface area contributed by atoms with E-state index in [1.54, 1.807) is 0 Å². The van der Waals surface area contributed by atoms with Gasteiger partial charge in [-0.1, -0.05) is 54.1 Å². The van der Waals surface area contributed by atoms with E-state index in [2.05, 4.69) is 35.2 Å². The lowest BCUT2D eigenvalue weighted by atomic mass is 9.80. The minimum atomic E-state index is 0.137. The molecule has 0 spiro atoms. The highest BCUT2D eigenvalue weighted by atomic mass is 35.5. The summed E-state index contributed by atoms with van der Waals surface area (Å²) in [5.41, 5.74) is 4.51. The number of rotatable bonds is 7. The monoisotopic (exact) mass is 473 g/mol. The first-order valence-electron chi connectivity index (χ1n) is 12.5. The molecule has 34 heavy (non-hydrogen) atoms. The molecule has 1 aliphatic carbocycles. The molecule has 1 aliphatic heterocycles. The van der Waals surface area contributed by atoms with Crippen LogP contribution in [0.4, 0.5) is 0 Å². The topological polar surface area (TPSA) is 29.5 Å². The van der Waals surface area contributed by atoms with Gasteiger partial charge in [-0.3, -0.25) is 4.79 Å². The van der Waals surface area contributed by atoms with Crippen molar-refractivity contribution in [3.63, 3.8) is 0 Å². The van der Waals surface area contributed by atoms with Gasteiger partial charge in [-0.2, -0.15) is 0 Å². The van der Waals surface area contributed by atoms with Crippen LogP contribution in [0.3, 0.4) is 0 Å². The van der Waals surface area contributed by atoms with Gasteiger partial charge in [0.15, 0.2) is 5.78 Å². The Bertz CT molecular complexity index is 1120. The zero-order chi connectivity index (χ0) is 23.3. The van der Waals surface area contributed by atoms with Gasteiger partial charge < -0.3 is 9.64 Å². The summed E-state index contributed by atoms with van der Waals surface area (Å²) in [5, 5.41) is 0.712. The fraction of sp³-hybridized carbons (Fsp3) is 0.367. The summed E-state index contributed by atoms with van der Waals surface area (Å²) < 4.78 is 5.97. The normalized spacial score (nSPS) is 19.1. The predicted octanol–water partition coefficient (Wildman–Crippen LogP) is 6.93. The maximum absolute atomic E-state index is 13.2. The summed E-state index contributed by atoms with van der Waals surface area (Å²) >= 11 is 6.06. The molecule has 176 valence electrons. The molecular formula is C30H32ClNO2. The summed E-state index contributed by atoms with van der Waals surface area (Å²) in [6, 6.07) is 24.5. The van der Waals surface area contributed by atoms with Crippen molar-refractivity contribution in [1.82, 2.24) is 4.90 Å². The molecule has 0 aromatic heterocycles. The van der Waals surface area contributed by atoms with E-state index < -0.39 is 0 Å². The third kappa shape index (κ3) is 5.54. The lowest BCUT2D eigenvalue weighted by molar-refractivity contribution is 0.0877. The number of ether oxygens (including phenoxy) is 1. The molecule has 0 N–H and O–H groups in total. The molecule has 1 unspecified atom stereocenters. The van der Waals surface area contributed by atoms with E-state index in [4.69, 9.17) is 16.3 Å². The predicted molar refractivity (Wildman–Crippen MR) is 138 cm³/mol. The van der Waals surface area contributed by atoms with Crippen LogP contribution in [-0.4, -0.2) is 30.3 Å². The maximum Gasteiger partial charge on any atom is 0.166 e. The highest BCUT2D eigenvalue weighted by Crippen LogP contribution is 2.32. The molecular weight excluding hydrogens is 442 g/mol. The van der Waals surface area contributed by atoms with Crippen LogP contribution >= 0.6 is 11.6 Å². The average Bonchev–Trinajstić information content (AvgIpc) is 2.88. The molecule has 2 aliphatic rings. The Balaban J connectivity index is 1.12. The maximum atomic E-state index is 13.2. The quantitative estimate of drug-likeness (QED) is 0.372. The molecule has 1 atom stereocenters. The van der Waals surface area contributed by atoms with Crippen molar-refractivity contribution in [3.8, 4) is 5.75 Å². The van der Waals surface area contributed by atoms with Crippen LogP contribution in [-0.2, 0) is 13.0 Å². The number of carbonyl (C=O) groups is 1. The number of halogens is 1. The van der Waals surface area contributed by atoms with E-state index in [1.807, 2.05) is 42.5 Å². The highest BCUT2D eigenvalue weighted by Gasteiger charge is 2.29. The summed E-state index contributed by atoms with van der Waals surface area (Å²) in [5.74, 6) is 1.93. The van der Waals surface area contributed by atoms with Gasteiger partial charge in [0.05, 0.1) is 0 Å². The number of ketones is 1. The number of likely N-dealkylation sites (tertiary alicyclic amines) is 1. The minimum absolute atomic E-state index is 0.137. The number of piperidine rings is 1. The van der Waals surface area contributed by atoms with Crippen molar-refractivity contribution in [1.29, 1.82) is 0 Å². The van der Waals surface area contributed by atoms with Gasteiger partial charge in [0.25, 0.3) is 0 Å². The Labute approximate surface area is 207 Å². The third-order valence-corrected chi connectivity index (χ3v) is 7.66. The Hall–Kier alpha value is -2.62. The highest BCUT2D eigenvalue weighted by molar-refractivity contribution is 6.30. The van der Waals surface area contributed by atoms with Crippen LogP contribution in [0, 0.1) is 5.92 Å². The summed E-state index contributed by atoms with van der Waals surface area (Å²) in [6.07, 6.45) is 5.26. The number of hydrogen-bond donors (Lipinski definition) is 0. The first kappa shape index (κ1) is 23.1. The van der Waals surface area contributed by atoms with Crippen LogP contribution in [0.25, 0.3) is 0 Å². The average molecular weight is 474 g/mol. The van der Waals surface area contributed by atoms with Gasteiger partial charge >= 0.3 is 0 Å². The molecule has 0 bridgehead atoms. The second-order valence-electron chi connectivity index (χ2n) is 9.65. The Kier molecular flexibility index (Phi) is 7.32. The Morgan fingerprint density at radius 2 is 1.74 bits per heavy atom. The Morgan fingerprint density at radius 1 is 0.912 bits per heavy atom. The molecule has 3 aromatic carbocycles. The van der Waals surface area contributed by atoms with Gasteiger partial charge in [-0.25, -0.2) is 0 Å². The van der Waals surface area contributed by atoms with Crippen molar-refractivity contribution in [2.24, 2.45) is 5.92 Å². The summed E-state index contributed by atoms with van der Waals surface area (Å²) in [6.45, 7) is 3.75. The van der Waals surface area contributed by atoms with Gasteiger partial charge in [0.2, 0.25) is 0 Å². The van der Waals surface area contributed by atoms with Crippen LogP contribution in [0.1, 0.15) is 58.6 Å². The van der Waals surface area contributed by atoms with Crippen molar-refractivity contribution in [3.05, 3.63) is 100 Å². The number of nitrogens with zero attached hydrogens (tertiary/aromatic N) is 1. The van der Waals surface area contributed by atoms with E-state index in [9.17, 15) is 4.79 Å². The van der Waals surface area contributed by atoms with Gasteiger partial charge in [0, 0.05) is 16.5 Å². The second-order valence-corrected chi connectivity index (χ2v) is 10.1. The van der Waals surface area contributed by atoms with Crippen molar-refractivity contribution in [2.45, 2.75) is 44.6 Å². The largest absolute Gasteiger partial charge is 0.489 e. The van der Waals surface area contributed by atoms with Gasteiger partial charge in [-0.15, -0.1) is 0 Å².